The SMILES string of the molecule is C[C@@H]1CNC[C@H](C)N1Cc1ccn(-c2ccc(F)cc2F)n1.Cl. The van der Waals surface area contributed by atoms with Crippen molar-refractivity contribution in [3.8, 4) is 5.69 Å². The predicted octanol–water partition coefficient (Wildman–Crippen LogP) is 2.75. The van der Waals surface area contributed by atoms with Crippen LogP contribution in [-0.2, 0) is 6.54 Å². The normalized spacial score (nSPS) is 21.9. The van der Waals surface area contributed by atoms with E-state index in [-0.39, 0.29) is 18.1 Å². The summed E-state index contributed by atoms with van der Waals surface area (Å²) in [5, 5.41) is 7.82. The largest absolute Gasteiger partial charge is 0.314 e. The van der Waals surface area contributed by atoms with Crippen molar-refractivity contribution in [2.75, 3.05) is 13.1 Å². The highest BCUT2D eigenvalue weighted by atomic mass is 35.5. The van der Waals surface area contributed by atoms with Gasteiger partial charge in [-0.25, -0.2) is 13.5 Å². The quantitative estimate of drug-likeness (QED) is 0.931. The van der Waals surface area contributed by atoms with E-state index in [4.69, 9.17) is 0 Å². The molecule has 126 valence electrons. The topological polar surface area (TPSA) is 33.1 Å². The Morgan fingerprint density at radius 3 is 2.52 bits per heavy atom. The Bertz CT molecular complexity index is 651. The third-order valence-electron chi connectivity index (χ3n) is 4.16. The first-order valence-corrected chi connectivity index (χ1v) is 7.51. The average molecular weight is 343 g/mol. The minimum atomic E-state index is -0.612. The zero-order valence-corrected chi connectivity index (χ0v) is 14.0. The number of halogens is 3. The molecule has 0 amide bonds. The fourth-order valence-electron chi connectivity index (χ4n) is 2.92. The molecule has 0 saturated carbocycles. The van der Waals surface area contributed by atoms with Crippen molar-refractivity contribution in [1.82, 2.24) is 20.0 Å². The Balaban J connectivity index is 0.00000192. The number of rotatable bonds is 3. The first-order valence-electron chi connectivity index (χ1n) is 7.51. The number of aromatic nitrogens is 2. The molecule has 2 atom stereocenters. The van der Waals surface area contributed by atoms with Crippen molar-refractivity contribution in [2.24, 2.45) is 0 Å². The maximum Gasteiger partial charge on any atom is 0.151 e. The predicted molar refractivity (Wildman–Crippen MR) is 88.1 cm³/mol. The molecule has 3 rings (SSSR count). The second kappa shape index (κ2) is 7.38. The molecule has 4 nitrogen and oxygen atoms in total. The van der Waals surface area contributed by atoms with Gasteiger partial charge >= 0.3 is 0 Å². The van der Waals surface area contributed by atoms with Crippen LogP contribution in [-0.4, -0.2) is 39.9 Å². The summed E-state index contributed by atoms with van der Waals surface area (Å²) in [5.41, 5.74) is 1.14. The summed E-state index contributed by atoms with van der Waals surface area (Å²) >= 11 is 0. The van der Waals surface area contributed by atoms with Gasteiger partial charge in [0.25, 0.3) is 0 Å². The van der Waals surface area contributed by atoms with Crippen LogP contribution in [0.5, 0.6) is 0 Å². The number of nitrogens with one attached hydrogen (secondary N) is 1. The molecule has 7 heteroatoms. The van der Waals surface area contributed by atoms with Gasteiger partial charge in [-0.3, -0.25) is 4.90 Å². The Labute approximate surface area is 140 Å². The molecular weight excluding hydrogens is 322 g/mol. The van der Waals surface area contributed by atoms with Crippen LogP contribution in [0.1, 0.15) is 19.5 Å². The van der Waals surface area contributed by atoms with Crippen molar-refractivity contribution in [2.45, 2.75) is 32.5 Å². The molecule has 1 aliphatic heterocycles. The second-order valence-corrected chi connectivity index (χ2v) is 5.88. The van der Waals surface area contributed by atoms with Gasteiger partial charge in [0.05, 0.1) is 5.69 Å². The van der Waals surface area contributed by atoms with Gasteiger partial charge < -0.3 is 5.32 Å². The van der Waals surface area contributed by atoms with E-state index in [1.165, 1.54) is 16.8 Å². The molecule has 23 heavy (non-hydrogen) atoms. The van der Waals surface area contributed by atoms with E-state index in [0.717, 1.165) is 31.4 Å². The lowest BCUT2D eigenvalue weighted by atomic mass is 10.1. The summed E-state index contributed by atoms with van der Waals surface area (Å²) in [6, 6.07) is 6.24. The molecule has 1 N–H and O–H groups in total. The van der Waals surface area contributed by atoms with E-state index in [9.17, 15) is 8.78 Å². The van der Waals surface area contributed by atoms with E-state index in [1.807, 2.05) is 6.07 Å². The highest BCUT2D eigenvalue weighted by Crippen LogP contribution is 2.17. The van der Waals surface area contributed by atoms with Gasteiger partial charge in [-0.2, -0.15) is 5.10 Å². The van der Waals surface area contributed by atoms with E-state index >= 15 is 0 Å². The minimum absolute atomic E-state index is 0. The molecule has 0 bridgehead atoms. The van der Waals surface area contributed by atoms with Gasteiger partial charge in [0, 0.05) is 44.0 Å². The number of hydrogen-bond acceptors (Lipinski definition) is 3. The second-order valence-electron chi connectivity index (χ2n) is 5.88. The molecule has 1 aliphatic rings. The van der Waals surface area contributed by atoms with Crippen LogP contribution in [0.25, 0.3) is 5.69 Å². The van der Waals surface area contributed by atoms with Gasteiger partial charge in [0.15, 0.2) is 5.82 Å². The molecule has 2 aromatic rings. The molecule has 1 aromatic heterocycles. The number of benzene rings is 1. The van der Waals surface area contributed by atoms with Gasteiger partial charge in [0.1, 0.15) is 11.5 Å². The molecule has 1 aromatic carbocycles. The maximum absolute atomic E-state index is 13.8. The smallest absolute Gasteiger partial charge is 0.151 e. The van der Waals surface area contributed by atoms with E-state index < -0.39 is 11.6 Å². The highest BCUT2D eigenvalue weighted by Gasteiger charge is 2.25. The monoisotopic (exact) mass is 342 g/mol. The fourth-order valence-corrected chi connectivity index (χ4v) is 2.92. The molecular formula is C16H21ClF2N4. The van der Waals surface area contributed by atoms with Crippen molar-refractivity contribution < 1.29 is 8.78 Å². The highest BCUT2D eigenvalue weighted by molar-refractivity contribution is 5.85. The standard InChI is InChI=1S/C16H20F2N4.ClH/c1-11-8-19-9-12(2)21(11)10-14-5-6-22(20-14)16-4-3-13(17)7-15(16)18;/h3-7,11-12,19H,8-10H2,1-2H3;1H/t11-,12+;. The molecule has 0 aliphatic carbocycles. The van der Waals surface area contributed by atoms with Crippen molar-refractivity contribution in [3.63, 3.8) is 0 Å². The van der Waals surface area contributed by atoms with E-state index in [0.29, 0.717) is 12.1 Å². The zero-order chi connectivity index (χ0) is 15.7. The molecule has 1 saturated heterocycles. The maximum atomic E-state index is 13.8. The Hall–Kier alpha value is -1.50. The number of hydrogen-bond donors (Lipinski definition) is 1. The lowest BCUT2D eigenvalue weighted by Gasteiger charge is -2.38. The minimum Gasteiger partial charge on any atom is -0.314 e. The molecule has 2 heterocycles. The van der Waals surface area contributed by atoms with Crippen LogP contribution < -0.4 is 5.32 Å². The van der Waals surface area contributed by atoms with Crippen molar-refractivity contribution in [1.29, 1.82) is 0 Å². The van der Waals surface area contributed by atoms with Crippen LogP contribution in [0, 0.1) is 11.6 Å². The summed E-state index contributed by atoms with van der Waals surface area (Å²) in [5.74, 6) is -1.20. The van der Waals surface area contributed by atoms with Gasteiger partial charge in [-0.05, 0) is 32.0 Å². The van der Waals surface area contributed by atoms with Crippen LogP contribution in [0.4, 0.5) is 8.78 Å². The Morgan fingerprint density at radius 2 is 1.87 bits per heavy atom. The number of piperazine rings is 1. The summed E-state index contributed by atoms with van der Waals surface area (Å²) in [6.45, 7) is 6.99. The van der Waals surface area contributed by atoms with E-state index in [2.05, 4.69) is 29.2 Å². The first kappa shape index (κ1) is 17.8. The summed E-state index contributed by atoms with van der Waals surface area (Å²) < 4.78 is 28.2. The van der Waals surface area contributed by atoms with Crippen molar-refractivity contribution in [3.05, 3.63) is 47.8 Å². The third kappa shape index (κ3) is 3.88. The summed E-state index contributed by atoms with van der Waals surface area (Å²) in [6.07, 6.45) is 1.71. The van der Waals surface area contributed by atoms with Crippen molar-refractivity contribution >= 4 is 12.4 Å². The molecule has 0 spiro atoms. The van der Waals surface area contributed by atoms with Crippen LogP contribution >= 0.6 is 12.4 Å². The van der Waals surface area contributed by atoms with Crippen LogP contribution in [0.15, 0.2) is 30.5 Å². The Kier molecular flexibility index (Phi) is 5.73. The molecule has 0 unspecified atom stereocenters. The lowest BCUT2D eigenvalue weighted by Crippen LogP contribution is -2.54. The third-order valence-corrected chi connectivity index (χ3v) is 4.16. The summed E-state index contributed by atoms with van der Waals surface area (Å²) in [4.78, 5) is 2.38. The molecule has 0 radical (unpaired) electrons. The van der Waals surface area contributed by atoms with E-state index in [1.54, 1.807) is 6.20 Å². The van der Waals surface area contributed by atoms with Gasteiger partial charge in [0.2, 0.25) is 0 Å². The lowest BCUT2D eigenvalue weighted by molar-refractivity contribution is 0.107. The average Bonchev–Trinajstić information content (AvgIpc) is 2.91. The van der Waals surface area contributed by atoms with Gasteiger partial charge in [-0.1, -0.05) is 0 Å². The zero-order valence-electron chi connectivity index (χ0n) is 13.2. The molecule has 1 fully saturated rings. The fraction of sp³-hybridized carbons (Fsp3) is 0.438. The number of nitrogens with zero attached hydrogens (tertiary/aromatic N) is 3. The van der Waals surface area contributed by atoms with Gasteiger partial charge in [-0.15, -0.1) is 12.4 Å². The Morgan fingerprint density at radius 1 is 1.17 bits per heavy atom. The van der Waals surface area contributed by atoms with Crippen LogP contribution in [0.2, 0.25) is 0 Å². The summed E-state index contributed by atoms with van der Waals surface area (Å²) in [7, 11) is 0. The first-order chi connectivity index (χ1) is 10.5. The van der Waals surface area contributed by atoms with Crippen LogP contribution in [0.3, 0.4) is 0 Å².